The van der Waals surface area contributed by atoms with Gasteiger partial charge in [-0.15, -0.1) is 0 Å². The van der Waals surface area contributed by atoms with E-state index in [4.69, 9.17) is 37.4 Å². The fraction of sp³-hybridized carbons (Fsp3) is 0.371. The first kappa shape index (κ1) is 34.0. The second kappa shape index (κ2) is 14.4. The van der Waals surface area contributed by atoms with Crippen LogP contribution in [-0.2, 0) is 21.8 Å². The molecule has 0 amide bonds. The number of ether oxygens (including phenoxy) is 3. The Hall–Kier alpha value is -4.43. The number of aromatic nitrogens is 6. The van der Waals surface area contributed by atoms with Crippen LogP contribution in [0.1, 0.15) is 31.9 Å². The first-order chi connectivity index (χ1) is 24.2. The molecule has 3 atom stereocenters. The average molecular weight is 724 g/mol. The van der Waals surface area contributed by atoms with Gasteiger partial charge in [-0.25, -0.2) is 28.4 Å². The minimum Gasteiger partial charge on any atom is -0.489 e. The van der Waals surface area contributed by atoms with Gasteiger partial charge in [0.1, 0.15) is 36.4 Å². The Morgan fingerprint density at radius 2 is 1.88 bits per heavy atom. The molecule has 0 radical (unpaired) electrons. The lowest BCUT2D eigenvalue weighted by Gasteiger charge is -2.36. The molecule has 2 aromatic carbocycles. The van der Waals surface area contributed by atoms with Gasteiger partial charge in [-0.1, -0.05) is 36.2 Å². The Labute approximate surface area is 298 Å². The summed E-state index contributed by atoms with van der Waals surface area (Å²) < 4.78 is 38.8. The van der Waals surface area contributed by atoms with E-state index in [9.17, 15) is 4.79 Å². The van der Waals surface area contributed by atoms with Gasteiger partial charge in [0.2, 0.25) is 5.79 Å². The summed E-state index contributed by atoms with van der Waals surface area (Å²) >= 11 is 12.7. The predicted octanol–water partition coefficient (Wildman–Crippen LogP) is 5.72. The molecule has 0 N–H and O–H groups in total. The monoisotopic (exact) mass is 722 g/mol. The number of rotatable bonds is 11. The minimum absolute atomic E-state index is 0.0363. The van der Waals surface area contributed by atoms with Gasteiger partial charge in [0, 0.05) is 55.2 Å². The van der Waals surface area contributed by atoms with Crippen molar-refractivity contribution in [1.82, 2.24) is 28.9 Å². The van der Waals surface area contributed by atoms with E-state index >= 15 is 4.39 Å². The average Bonchev–Trinajstić information content (AvgIpc) is 3.88. The molecule has 7 rings (SSSR count). The molecule has 5 aromatic rings. The van der Waals surface area contributed by atoms with Crippen LogP contribution in [0.4, 0.5) is 15.9 Å². The zero-order chi connectivity index (χ0) is 34.8. The highest BCUT2D eigenvalue weighted by molar-refractivity contribution is 6.35. The van der Waals surface area contributed by atoms with E-state index in [2.05, 4.69) is 20.0 Å². The molecule has 12 nitrogen and oxygen atoms in total. The lowest BCUT2D eigenvalue weighted by atomic mass is 10.1. The van der Waals surface area contributed by atoms with Crippen molar-refractivity contribution in [3.8, 4) is 11.4 Å². The predicted molar refractivity (Wildman–Crippen MR) is 188 cm³/mol. The van der Waals surface area contributed by atoms with Crippen LogP contribution in [0.5, 0.6) is 5.75 Å². The van der Waals surface area contributed by atoms with Crippen molar-refractivity contribution in [2.75, 3.05) is 49.2 Å². The van der Waals surface area contributed by atoms with Crippen LogP contribution >= 0.6 is 23.2 Å². The smallest absolute Gasteiger partial charge is 0.350 e. The summed E-state index contributed by atoms with van der Waals surface area (Å²) in [4.78, 5) is 25.7. The molecule has 0 unspecified atom stereocenters. The third-order valence-corrected chi connectivity index (χ3v) is 9.71. The molecule has 3 aromatic heterocycles. The topological polar surface area (TPSA) is 105 Å². The molecular formula is C35H37Cl2FN8O4. The summed E-state index contributed by atoms with van der Waals surface area (Å²) in [6, 6.07) is 13.9. The van der Waals surface area contributed by atoms with Gasteiger partial charge < -0.3 is 28.6 Å². The minimum atomic E-state index is -1.14. The zero-order valence-corrected chi connectivity index (χ0v) is 29.2. The fourth-order valence-electron chi connectivity index (χ4n) is 6.26. The maximum atomic E-state index is 15.3. The van der Waals surface area contributed by atoms with E-state index in [0.717, 1.165) is 12.2 Å². The summed E-state index contributed by atoms with van der Waals surface area (Å²) in [6.45, 7) is 7.35. The van der Waals surface area contributed by atoms with E-state index in [1.807, 2.05) is 47.7 Å². The van der Waals surface area contributed by atoms with Crippen molar-refractivity contribution in [3.63, 3.8) is 0 Å². The van der Waals surface area contributed by atoms with E-state index in [1.165, 1.54) is 21.6 Å². The van der Waals surface area contributed by atoms with Crippen molar-refractivity contribution in [2.45, 2.75) is 44.7 Å². The van der Waals surface area contributed by atoms with Gasteiger partial charge in [0.05, 0.1) is 48.1 Å². The largest absolute Gasteiger partial charge is 0.489 e. The molecule has 15 heteroatoms. The molecule has 50 heavy (non-hydrogen) atoms. The highest BCUT2D eigenvalue weighted by atomic mass is 35.5. The number of imidazole rings is 1. The molecule has 0 bridgehead atoms. The summed E-state index contributed by atoms with van der Waals surface area (Å²) in [5.74, 6) is -0.112. The number of halogens is 3. The van der Waals surface area contributed by atoms with Crippen molar-refractivity contribution in [1.29, 1.82) is 0 Å². The van der Waals surface area contributed by atoms with Crippen LogP contribution < -0.4 is 20.2 Å². The van der Waals surface area contributed by atoms with E-state index < -0.39 is 5.79 Å². The van der Waals surface area contributed by atoms with Gasteiger partial charge >= 0.3 is 5.69 Å². The maximum Gasteiger partial charge on any atom is 0.350 e. The van der Waals surface area contributed by atoms with Crippen LogP contribution in [0.25, 0.3) is 5.69 Å². The molecule has 5 heterocycles. The van der Waals surface area contributed by atoms with Crippen molar-refractivity contribution < 1.29 is 18.6 Å². The molecule has 262 valence electrons. The number of pyridine rings is 1. The Bertz CT molecular complexity index is 1980. The number of hydrogen-bond acceptors (Lipinski definition) is 9. The van der Waals surface area contributed by atoms with Crippen LogP contribution in [0.2, 0.25) is 10.0 Å². The van der Waals surface area contributed by atoms with E-state index in [1.54, 1.807) is 43.0 Å². The Balaban J connectivity index is 0.939. The lowest BCUT2D eigenvalue weighted by molar-refractivity contribution is -0.189. The number of benzene rings is 2. The van der Waals surface area contributed by atoms with Gasteiger partial charge in [-0.05, 0) is 49.7 Å². The Kier molecular flexibility index (Phi) is 9.82. The number of anilines is 2. The van der Waals surface area contributed by atoms with Gasteiger partial charge in [-0.2, -0.15) is 5.10 Å². The van der Waals surface area contributed by atoms with Crippen LogP contribution in [0.15, 0.2) is 84.6 Å². The third kappa shape index (κ3) is 6.95. The van der Waals surface area contributed by atoms with Gasteiger partial charge in [-0.3, -0.25) is 0 Å². The SMILES string of the molecule is CC[C@H](C)n1ncn(-c2ccc(N3CCN(c4ccc(OC[C@@H]5CO[C@@](Cn6ccnc6)(c6ccc(Cl)cc6Cl)O5)cn4)CC3)c(F)c2)c1=O. The van der Waals surface area contributed by atoms with Crippen LogP contribution in [0.3, 0.4) is 0 Å². The molecule has 0 aliphatic carbocycles. The summed E-state index contributed by atoms with van der Waals surface area (Å²) in [5.41, 5.74) is 1.33. The summed E-state index contributed by atoms with van der Waals surface area (Å²) in [5, 5.41) is 5.17. The highest BCUT2D eigenvalue weighted by Crippen LogP contribution is 2.40. The molecule has 2 aliphatic rings. The Morgan fingerprint density at radius 3 is 2.58 bits per heavy atom. The van der Waals surface area contributed by atoms with Crippen LogP contribution in [0, 0.1) is 5.82 Å². The van der Waals surface area contributed by atoms with E-state index in [0.29, 0.717) is 72.1 Å². The third-order valence-electron chi connectivity index (χ3n) is 9.16. The zero-order valence-electron chi connectivity index (χ0n) is 27.7. The van der Waals surface area contributed by atoms with Crippen molar-refractivity contribution in [3.05, 3.63) is 112 Å². The van der Waals surface area contributed by atoms with Crippen molar-refractivity contribution in [2.24, 2.45) is 0 Å². The first-order valence-electron chi connectivity index (χ1n) is 16.5. The lowest BCUT2D eigenvalue weighted by Crippen LogP contribution is -2.47. The molecule has 2 fully saturated rings. The van der Waals surface area contributed by atoms with Gasteiger partial charge in [0.25, 0.3) is 0 Å². The van der Waals surface area contributed by atoms with E-state index in [-0.39, 0.29) is 30.3 Å². The van der Waals surface area contributed by atoms with Gasteiger partial charge in [0.15, 0.2) is 0 Å². The summed E-state index contributed by atoms with van der Waals surface area (Å²) in [6.07, 6.45) is 8.76. The standard InChI is InChI=1S/C35H37Cl2FN8O4/c1-3-24(2)46-34(47)45(23-41-46)26-5-8-32(31(38)17-26)43-12-14-44(15-13-43)33-9-6-27(18-40-33)48-19-28-20-49-35(50-28,21-42-11-10-39-22-42)29-7-4-25(36)16-30(29)37/h4-11,16-18,22-24,28H,3,12-15,19-21H2,1-2H3/t24-,28+,35+/m0/s1. The number of hydrogen-bond donors (Lipinski definition) is 0. The van der Waals surface area contributed by atoms with Crippen LogP contribution in [-0.4, -0.2) is 74.4 Å². The number of nitrogens with zero attached hydrogens (tertiary/aromatic N) is 8. The normalized spacial score (nSPS) is 20.0. The highest BCUT2D eigenvalue weighted by Gasteiger charge is 2.45. The molecule has 2 saturated heterocycles. The first-order valence-corrected chi connectivity index (χ1v) is 17.3. The maximum absolute atomic E-state index is 15.3. The molecule has 0 spiro atoms. The second-order valence-electron chi connectivity index (χ2n) is 12.4. The van der Waals surface area contributed by atoms with Crippen molar-refractivity contribution >= 4 is 34.7 Å². The molecule has 2 aliphatic heterocycles. The molecular weight excluding hydrogens is 686 g/mol. The second-order valence-corrected chi connectivity index (χ2v) is 13.3. The fourth-order valence-corrected chi connectivity index (χ4v) is 6.81. The molecule has 0 saturated carbocycles. The number of piperazine rings is 1. The Morgan fingerprint density at radius 1 is 1.06 bits per heavy atom. The quantitative estimate of drug-likeness (QED) is 0.169. The summed E-state index contributed by atoms with van der Waals surface area (Å²) in [7, 11) is 0.